The third kappa shape index (κ3) is 2.37. The van der Waals surface area contributed by atoms with E-state index in [1.807, 2.05) is 12.1 Å². The monoisotopic (exact) mass is 244 g/mol. The van der Waals surface area contributed by atoms with E-state index >= 15 is 0 Å². The molecule has 0 atom stereocenters. The summed E-state index contributed by atoms with van der Waals surface area (Å²) >= 11 is 0. The molecule has 1 aromatic heterocycles. The van der Waals surface area contributed by atoms with Crippen molar-refractivity contribution in [2.45, 2.75) is 19.8 Å². The van der Waals surface area contributed by atoms with Crippen LogP contribution in [0.5, 0.6) is 0 Å². The van der Waals surface area contributed by atoms with Crippen LogP contribution in [0.2, 0.25) is 0 Å². The van der Waals surface area contributed by atoms with Crippen molar-refractivity contribution in [1.82, 2.24) is 4.98 Å². The zero-order chi connectivity index (χ0) is 13.1. The highest BCUT2D eigenvalue weighted by Gasteiger charge is 2.12. The topological polar surface area (TPSA) is 79.1 Å². The van der Waals surface area contributed by atoms with Gasteiger partial charge >= 0.3 is 5.97 Å². The molecule has 4 N–H and O–H groups in total. The van der Waals surface area contributed by atoms with Crippen LogP contribution < -0.4 is 5.73 Å². The largest absolute Gasteiger partial charge is 0.478 e. The number of aromatic nitrogens is 1. The Labute approximate surface area is 105 Å². The number of nitrogens with two attached hydrogens (primary N) is 1. The van der Waals surface area contributed by atoms with Gasteiger partial charge in [0.2, 0.25) is 0 Å². The zero-order valence-electron chi connectivity index (χ0n) is 10.2. The lowest BCUT2D eigenvalue weighted by molar-refractivity contribution is 0.0698. The minimum atomic E-state index is -1.02. The number of aromatic carboxylic acids is 1. The van der Waals surface area contributed by atoms with Crippen molar-refractivity contribution < 1.29 is 9.90 Å². The number of hydrogen-bond acceptors (Lipinski definition) is 2. The fourth-order valence-corrected chi connectivity index (χ4v) is 1.94. The number of hydrogen-bond donors (Lipinski definition) is 3. The minimum Gasteiger partial charge on any atom is -0.478 e. The summed E-state index contributed by atoms with van der Waals surface area (Å²) in [4.78, 5) is 13.8. The van der Waals surface area contributed by atoms with Crippen LogP contribution in [0.4, 0.5) is 5.82 Å². The summed E-state index contributed by atoms with van der Waals surface area (Å²) in [5.41, 5.74) is 8.68. The molecule has 2 aromatic rings. The fraction of sp³-hybridized carbons (Fsp3) is 0.214. The Bertz CT molecular complexity index is 556. The van der Waals surface area contributed by atoms with Crippen LogP contribution in [-0.2, 0) is 6.42 Å². The zero-order valence-corrected chi connectivity index (χ0v) is 10.2. The van der Waals surface area contributed by atoms with Crippen LogP contribution in [0.1, 0.15) is 29.3 Å². The maximum Gasteiger partial charge on any atom is 0.339 e. The first kappa shape index (κ1) is 12.2. The molecular weight excluding hydrogens is 228 g/mol. The van der Waals surface area contributed by atoms with Crippen LogP contribution >= 0.6 is 0 Å². The van der Waals surface area contributed by atoms with E-state index in [2.05, 4.69) is 24.0 Å². The minimum absolute atomic E-state index is 0.114. The van der Waals surface area contributed by atoms with Gasteiger partial charge in [0.1, 0.15) is 11.4 Å². The summed E-state index contributed by atoms with van der Waals surface area (Å²) in [6.45, 7) is 2.14. The molecule has 0 radical (unpaired) electrons. The molecule has 1 heterocycles. The van der Waals surface area contributed by atoms with Crippen molar-refractivity contribution >= 4 is 11.8 Å². The molecule has 0 bridgehead atoms. The van der Waals surface area contributed by atoms with E-state index in [0.29, 0.717) is 0 Å². The highest BCUT2D eigenvalue weighted by molar-refractivity contribution is 5.94. The molecule has 0 saturated heterocycles. The van der Waals surface area contributed by atoms with Crippen LogP contribution in [0.3, 0.4) is 0 Å². The quantitative estimate of drug-likeness (QED) is 0.773. The van der Waals surface area contributed by atoms with Crippen molar-refractivity contribution in [1.29, 1.82) is 0 Å². The molecule has 2 rings (SSSR count). The maximum atomic E-state index is 10.9. The number of aromatic amines is 1. The van der Waals surface area contributed by atoms with Gasteiger partial charge in [-0.3, -0.25) is 0 Å². The Morgan fingerprint density at radius 1 is 1.33 bits per heavy atom. The Hall–Kier alpha value is -2.23. The average molecular weight is 244 g/mol. The number of benzene rings is 1. The number of carboxylic acid groups (broad SMARTS) is 1. The molecule has 0 unspecified atom stereocenters. The lowest BCUT2D eigenvalue weighted by Crippen LogP contribution is -1.98. The Morgan fingerprint density at radius 3 is 2.50 bits per heavy atom. The number of nitrogen functional groups attached to an aromatic ring is 1. The number of carbonyl (C=O) groups is 1. The molecule has 18 heavy (non-hydrogen) atoms. The molecule has 0 saturated carbocycles. The SMILES string of the molecule is CCCc1ccc(-c2cc(C(=O)O)c(N)[nH]2)cc1. The van der Waals surface area contributed by atoms with E-state index in [1.165, 1.54) is 5.56 Å². The van der Waals surface area contributed by atoms with E-state index in [4.69, 9.17) is 10.8 Å². The van der Waals surface area contributed by atoms with E-state index < -0.39 is 5.97 Å². The van der Waals surface area contributed by atoms with E-state index in [9.17, 15) is 4.79 Å². The summed E-state index contributed by atoms with van der Waals surface area (Å²) in [7, 11) is 0. The van der Waals surface area contributed by atoms with Gasteiger partial charge in [-0.15, -0.1) is 0 Å². The van der Waals surface area contributed by atoms with Crippen molar-refractivity contribution in [3.63, 3.8) is 0 Å². The molecule has 0 spiro atoms. The second-order valence-corrected chi connectivity index (χ2v) is 4.26. The van der Waals surface area contributed by atoms with E-state index in [0.717, 1.165) is 24.1 Å². The van der Waals surface area contributed by atoms with Gasteiger partial charge in [0.05, 0.1) is 0 Å². The predicted octanol–water partition coefficient (Wildman–Crippen LogP) is 2.91. The maximum absolute atomic E-state index is 10.9. The second kappa shape index (κ2) is 4.96. The Kier molecular flexibility index (Phi) is 3.37. The van der Waals surface area contributed by atoms with Crippen molar-refractivity contribution in [3.05, 3.63) is 41.5 Å². The van der Waals surface area contributed by atoms with E-state index in [-0.39, 0.29) is 11.4 Å². The predicted molar refractivity (Wildman–Crippen MR) is 71.6 cm³/mol. The third-order valence-electron chi connectivity index (χ3n) is 2.88. The van der Waals surface area contributed by atoms with Gasteiger partial charge in [0.25, 0.3) is 0 Å². The number of anilines is 1. The van der Waals surface area contributed by atoms with Gasteiger partial charge in [-0.1, -0.05) is 37.6 Å². The number of aryl methyl sites for hydroxylation is 1. The molecule has 94 valence electrons. The van der Waals surface area contributed by atoms with Crippen LogP contribution in [0.15, 0.2) is 30.3 Å². The molecule has 0 aliphatic rings. The summed E-state index contributed by atoms with van der Waals surface area (Å²) in [6.07, 6.45) is 2.16. The van der Waals surface area contributed by atoms with E-state index in [1.54, 1.807) is 6.07 Å². The van der Waals surface area contributed by atoms with Crippen LogP contribution in [0.25, 0.3) is 11.3 Å². The summed E-state index contributed by atoms with van der Waals surface area (Å²) in [5, 5.41) is 8.94. The number of H-pyrrole nitrogens is 1. The Balaban J connectivity index is 2.31. The third-order valence-corrected chi connectivity index (χ3v) is 2.88. The smallest absolute Gasteiger partial charge is 0.339 e. The molecule has 4 nitrogen and oxygen atoms in total. The van der Waals surface area contributed by atoms with Crippen molar-refractivity contribution in [2.75, 3.05) is 5.73 Å². The summed E-state index contributed by atoms with van der Waals surface area (Å²) in [6, 6.07) is 9.61. The first-order valence-electron chi connectivity index (χ1n) is 5.93. The van der Waals surface area contributed by atoms with Gasteiger partial charge in [-0.2, -0.15) is 0 Å². The molecule has 0 aliphatic heterocycles. The van der Waals surface area contributed by atoms with Crippen LogP contribution in [-0.4, -0.2) is 16.1 Å². The van der Waals surface area contributed by atoms with Gasteiger partial charge in [-0.05, 0) is 23.6 Å². The first-order valence-corrected chi connectivity index (χ1v) is 5.93. The van der Waals surface area contributed by atoms with Gasteiger partial charge in [0.15, 0.2) is 0 Å². The molecule has 0 fully saturated rings. The number of rotatable bonds is 4. The molecule has 4 heteroatoms. The van der Waals surface area contributed by atoms with Gasteiger partial charge in [-0.25, -0.2) is 4.79 Å². The summed E-state index contributed by atoms with van der Waals surface area (Å²) < 4.78 is 0. The number of carboxylic acids is 1. The lowest BCUT2D eigenvalue weighted by atomic mass is 10.1. The first-order chi connectivity index (χ1) is 8.61. The lowest BCUT2D eigenvalue weighted by Gasteiger charge is -2.01. The normalized spacial score (nSPS) is 10.5. The standard InChI is InChI=1S/C14H16N2O2/c1-2-3-9-4-6-10(7-5-9)12-8-11(14(17)18)13(15)16-12/h4-8,16H,2-3,15H2,1H3,(H,17,18). The van der Waals surface area contributed by atoms with Gasteiger partial charge in [0, 0.05) is 5.69 Å². The second-order valence-electron chi connectivity index (χ2n) is 4.26. The summed E-state index contributed by atoms with van der Waals surface area (Å²) in [5.74, 6) is -0.826. The van der Waals surface area contributed by atoms with Crippen LogP contribution in [0, 0.1) is 0 Å². The highest BCUT2D eigenvalue weighted by Crippen LogP contribution is 2.24. The molecule has 0 aliphatic carbocycles. The molecular formula is C14H16N2O2. The average Bonchev–Trinajstić information content (AvgIpc) is 2.73. The Morgan fingerprint density at radius 2 is 2.00 bits per heavy atom. The highest BCUT2D eigenvalue weighted by atomic mass is 16.4. The molecule has 1 aromatic carbocycles. The van der Waals surface area contributed by atoms with Crippen molar-refractivity contribution in [2.24, 2.45) is 0 Å². The van der Waals surface area contributed by atoms with Crippen molar-refractivity contribution in [3.8, 4) is 11.3 Å². The van der Waals surface area contributed by atoms with Gasteiger partial charge < -0.3 is 15.8 Å². The fourth-order valence-electron chi connectivity index (χ4n) is 1.94. The molecule has 0 amide bonds. The number of nitrogens with one attached hydrogen (secondary N) is 1.